The largest absolute Gasteiger partial charge is 0.376 e. The Morgan fingerprint density at radius 2 is 2.40 bits per heavy atom. The fourth-order valence-corrected chi connectivity index (χ4v) is 1.58. The van der Waals surface area contributed by atoms with Crippen LogP contribution in [0.2, 0.25) is 0 Å². The van der Waals surface area contributed by atoms with Crippen LogP contribution in [0.1, 0.15) is 17.4 Å². The summed E-state index contributed by atoms with van der Waals surface area (Å²) < 4.78 is 5.24. The smallest absolute Gasteiger partial charge is 0.0809 e. The van der Waals surface area contributed by atoms with Crippen molar-refractivity contribution in [1.29, 1.82) is 0 Å². The van der Waals surface area contributed by atoms with Crippen LogP contribution in [0.3, 0.4) is 0 Å². The van der Waals surface area contributed by atoms with Crippen LogP contribution in [-0.2, 0) is 11.3 Å². The van der Waals surface area contributed by atoms with Gasteiger partial charge < -0.3 is 4.74 Å². The lowest BCUT2D eigenvalue weighted by Gasteiger charge is -1.94. The summed E-state index contributed by atoms with van der Waals surface area (Å²) in [5, 5.41) is 2.15. The summed E-state index contributed by atoms with van der Waals surface area (Å²) in [5.41, 5.74) is 1.33. The van der Waals surface area contributed by atoms with E-state index in [-0.39, 0.29) is 0 Å². The van der Waals surface area contributed by atoms with Crippen LogP contribution in [0.5, 0.6) is 0 Å². The van der Waals surface area contributed by atoms with E-state index in [9.17, 15) is 0 Å². The number of ether oxygens (including phenoxy) is 1. The van der Waals surface area contributed by atoms with Crippen LogP contribution < -0.4 is 0 Å². The van der Waals surface area contributed by atoms with E-state index in [2.05, 4.69) is 18.4 Å². The van der Waals surface area contributed by atoms with Crippen molar-refractivity contribution in [3.63, 3.8) is 0 Å². The third-order valence-electron chi connectivity index (χ3n) is 1.23. The standard InChI is InChI=1S/C8H12OS/c1-3-9-5-8-4-7(2)6-10-8/h4,6H,3,5H2,1-2H3. The molecule has 1 aromatic heterocycles. The van der Waals surface area contributed by atoms with E-state index >= 15 is 0 Å². The van der Waals surface area contributed by atoms with Gasteiger partial charge in [0, 0.05) is 11.5 Å². The zero-order valence-electron chi connectivity index (χ0n) is 6.39. The van der Waals surface area contributed by atoms with Crippen molar-refractivity contribution >= 4 is 11.3 Å². The van der Waals surface area contributed by atoms with Gasteiger partial charge in [0.25, 0.3) is 0 Å². The molecule has 0 atom stereocenters. The summed E-state index contributed by atoms with van der Waals surface area (Å²) in [6.45, 7) is 5.69. The number of rotatable bonds is 3. The normalized spacial score (nSPS) is 10.2. The SMILES string of the molecule is CCOCc1cc(C)cs1. The molecule has 0 fully saturated rings. The first-order valence-electron chi connectivity index (χ1n) is 3.44. The molecule has 0 bridgehead atoms. The van der Waals surface area contributed by atoms with Crippen LogP contribution in [0.15, 0.2) is 11.4 Å². The second kappa shape index (κ2) is 3.74. The molecule has 0 amide bonds. The van der Waals surface area contributed by atoms with Crippen LogP contribution in [0.4, 0.5) is 0 Å². The number of aryl methyl sites for hydroxylation is 1. The molecular weight excluding hydrogens is 144 g/mol. The average molecular weight is 156 g/mol. The fourth-order valence-electron chi connectivity index (χ4n) is 0.769. The Balaban J connectivity index is 2.42. The minimum absolute atomic E-state index is 0.773. The molecule has 0 aliphatic carbocycles. The van der Waals surface area contributed by atoms with Gasteiger partial charge in [0.05, 0.1) is 6.61 Å². The van der Waals surface area contributed by atoms with E-state index in [4.69, 9.17) is 4.74 Å². The molecular formula is C8H12OS. The predicted molar refractivity (Wildman–Crippen MR) is 44.4 cm³/mol. The highest BCUT2D eigenvalue weighted by atomic mass is 32.1. The summed E-state index contributed by atoms with van der Waals surface area (Å²) in [6, 6.07) is 2.17. The van der Waals surface area contributed by atoms with E-state index in [1.807, 2.05) is 6.92 Å². The Labute approximate surface area is 65.6 Å². The van der Waals surface area contributed by atoms with Gasteiger partial charge in [-0.25, -0.2) is 0 Å². The summed E-state index contributed by atoms with van der Waals surface area (Å²) in [6.07, 6.45) is 0. The molecule has 1 nitrogen and oxygen atoms in total. The lowest BCUT2D eigenvalue weighted by molar-refractivity contribution is 0.136. The molecule has 2 heteroatoms. The second-order valence-electron chi connectivity index (χ2n) is 2.23. The van der Waals surface area contributed by atoms with Crippen molar-refractivity contribution < 1.29 is 4.74 Å². The molecule has 0 aromatic carbocycles. The van der Waals surface area contributed by atoms with Crippen LogP contribution in [0.25, 0.3) is 0 Å². The van der Waals surface area contributed by atoms with Gasteiger partial charge in [-0.2, -0.15) is 0 Å². The average Bonchev–Trinajstić information content (AvgIpc) is 2.31. The van der Waals surface area contributed by atoms with Crippen molar-refractivity contribution in [2.45, 2.75) is 20.5 Å². The van der Waals surface area contributed by atoms with Crippen molar-refractivity contribution in [2.75, 3.05) is 6.61 Å². The van der Waals surface area contributed by atoms with Gasteiger partial charge in [0.2, 0.25) is 0 Å². The number of thiophene rings is 1. The maximum Gasteiger partial charge on any atom is 0.0809 e. The van der Waals surface area contributed by atoms with Crippen LogP contribution in [-0.4, -0.2) is 6.61 Å². The van der Waals surface area contributed by atoms with E-state index < -0.39 is 0 Å². The van der Waals surface area contributed by atoms with Gasteiger partial charge >= 0.3 is 0 Å². The maximum absolute atomic E-state index is 5.24. The molecule has 1 heterocycles. The monoisotopic (exact) mass is 156 g/mol. The molecule has 0 unspecified atom stereocenters. The Morgan fingerprint density at radius 3 is 2.90 bits per heavy atom. The zero-order chi connectivity index (χ0) is 7.40. The number of hydrogen-bond donors (Lipinski definition) is 0. The van der Waals surface area contributed by atoms with Gasteiger partial charge in [0.1, 0.15) is 0 Å². The van der Waals surface area contributed by atoms with Crippen molar-refractivity contribution in [3.8, 4) is 0 Å². The Bertz CT molecular complexity index is 193. The molecule has 0 radical (unpaired) electrons. The first-order chi connectivity index (χ1) is 4.83. The Hall–Kier alpha value is -0.340. The predicted octanol–water partition coefficient (Wildman–Crippen LogP) is 2.59. The highest BCUT2D eigenvalue weighted by molar-refractivity contribution is 7.10. The summed E-state index contributed by atoms with van der Waals surface area (Å²) >= 11 is 1.76. The molecule has 0 aliphatic heterocycles. The minimum atomic E-state index is 0.773. The van der Waals surface area contributed by atoms with E-state index in [0.29, 0.717) is 0 Å². The highest BCUT2D eigenvalue weighted by Gasteiger charge is 1.93. The maximum atomic E-state index is 5.24. The third-order valence-corrected chi connectivity index (χ3v) is 2.26. The molecule has 0 aliphatic rings. The number of hydrogen-bond acceptors (Lipinski definition) is 2. The Kier molecular flexibility index (Phi) is 2.90. The second-order valence-corrected chi connectivity index (χ2v) is 3.22. The van der Waals surface area contributed by atoms with Gasteiger partial charge in [-0.05, 0) is 30.9 Å². The molecule has 0 saturated carbocycles. The molecule has 0 saturated heterocycles. The quantitative estimate of drug-likeness (QED) is 0.653. The molecule has 1 aromatic rings. The molecule has 1 rings (SSSR count). The first-order valence-corrected chi connectivity index (χ1v) is 4.32. The lowest BCUT2D eigenvalue weighted by Crippen LogP contribution is -1.87. The summed E-state index contributed by atoms with van der Waals surface area (Å²) in [4.78, 5) is 1.32. The summed E-state index contributed by atoms with van der Waals surface area (Å²) in [5.74, 6) is 0. The Morgan fingerprint density at radius 1 is 1.60 bits per heavy atom. The van der Waals surface area contributed by atoms with Crippen LogP contribution >= 0.6 is 11.3 Å². The molecule has 10 heavy (non-hydrogen) atoms. The first kappa shape index (κ1) is 7.76. The minimum Gasteiger partial charge on any atom is -0.376 e. The van der Waals surface area contributed by atoms with Crippen molar-refractivity contribution in [3.05, 3.63) is 21.9 Å². The fraction of sp³-hybridized carbons (Fsp3) is 0.500. The van der Waals surface area contributed by atoms with Crippen LogP contribution in [0, 0.1) is 6.92 Å². The third kappa shape index (κ3) is 2.12. The summed E-state index contributed by atoms with van der Waals surface area (Å²) in [7, 11) is 0. The molecule has 0 N–H and O–H groups in total. The molecule has 56 valence electrons. The van der Waals surface area contributed by atoms with Crippen molar-refractivity contribution in [2.24, 2.45) is 0 Å². The van der Waals surface area contributed by atoms with E-state index in [1.165, 1.54) is 10.4 Å². The topological polar surface area (TPSA) is 9.23 Å². The van der Waals surface area contributed by atoms with Gasteiger partial charge in [-0.1, -0.05) is 0 Å². The van der Waals surface area contributed by atoms with Crippen molar-refractivity contribution in [1.82, 2.24) is 0 Å². The van der Waals surface area contributed by atoms with Gasteiger partial charge in [0.15, 0.2) is 0 Å². The van der Waals surface area contributed by atoms with E-state index in [0.717, 1.165) is 13.2 Å². The highest BCUT2D eigenvalue weighted by Crippen LogP contribution is 2.13. The molecule has 0 spiro atoms. The zero-order valence-corrected chi connectivity index (χ0v) is 7.20. The lowest BCUT2D eigenvalue weighted by atomic mass is 10.3. The van der Waals surface area contributed by atoms with Gasteiger partial charge in [-0.3, -0.25) is 0 Å². The van der Waals surface area contributed by atoms with Gasteiger partial charge in [-0.15, -0.1) is 11.3 Å². The van der Waals surface area contributed by atoms with E-state index in [1.54, 1.807) is 11.3 Å².